The van der Waals surface area contributed by atoms with Gasteiger partial charge in [0.15, 0.2) is 4.77 Å². The van der Waals surface area contributed by atoms with Gasteiger partial charge in [0.2, 0.25) is 0 Å². The number of hydrogen-bond acceptors (Lipinski definition) is 4. The number of hydrogen-bond donors (Lipinski definition) is 2. The summed E-state index contributed by atoms with van der Waals surface area (Å²) in [6.45, 7) is 1.86. The quantitative estimate of drug-likeness (QED) is 0.699. The molecule has 0 radical (unpaired) electrons. The van der Waals surface area contributed by atoms with Gasteiger partial charge in [-0.15, -0.1) is 0 Å². The Labute approximate surface area is 154 Å². The van der Waals surface area contributed by atoms with Gasteiger partial charge in [-0.3, -0.25) is 14.2 Å². The molecule has 0 aliphatic heterocycles. The summed E-state index contributed by atoms with van der Waals surface area (Å²) in [4.78, 5) is 27.7. The summed E-state index contributed by atoms with van der Waals surface area (Å²) < 4.78 is 1.65. The predicted molar refractivity (Wildman–Crippen MR) is 101 cm³/mol. The number of nitrogens with zero attached hydrogens (tertiary/aromatic N) is 2. The van der Waals surface area contributed by atoms with E-state index in [1.165, 1.54) is 4.57 Å². The van der Waals surface area contributed by atoms with Crippen molar-refractivity contribution < 1.29 is 4.79 Å². The first-order chi connectivity index (χ1) is 12.4. The van der Waals surface area contributed by atoms with Crippen LogP contribution in [0.5, 0.6) is 0 Å². The van der Waals surface area contributed by atoms with Crippen LogP contribution in [0.2, 0.25) is 0 Å². The Morgan fingerprint density at radius 2 is 1.96 bits per heavy atom. The number of fused-ring (bicyclic) bond motifs is 1. The molecule has 6 nitrogen and oxygen atoms in total. The molecular weight excluding hydrogens is 348 g/mol. The highest BCUT2D eigenvalue weighted by molar-refractivity contribution is 7.71. The van der Waals surface area contributed by atoms with Crippen LogP contribution in [-0.2, 0) is 7.05 Å². The zero-order valence-electron chi connectivity index (χ0n) is 14.2. The molecule has 3 aromatic rings. The molecule has 2 N–H and O–H groups in total. The van der Waals surface area contributed by atoms with Gasteiger partial charge >= 0.3 is 0 Å². The van der Waals surface area contributed by atoms with E-state index < -0.39 is 0 Å². The van der Waals surface area contributed by atoms with Gasteiger partial charge in [-0.2, -0.15) is 5.26 Å². The maximum atomic E-state index is 12.5. The number of aromatic nitrogens is 2. The minimum atomic E-state index is -0.260. The van der Waals surface area contributed by atoms with Crippen LogP contribution >= 0.6 is 12.2 Å². The smallest absolute Gasteiger partial charge is 0.261 e. The summed E-state index contributed by atoms with van der Waals surface area (Å²) in [6.07, 6.45) is 0. The number of H-pyrrole nitrogens is 1. The van der Waals surface area contributed by atoms with Gasteiger partial charge in [0.25, 0.3) is 11.5 Å². The Hall–Kier alpha value is -3.24. The lowest BCUT2D eigenvalue weighted by molar-refractivity contribution is 0.0940. The van der Waals surface area contributed by atoms with Gasteiger partial charge in [0.05, 0.1) is 28.6 Å². The molecule has 1 amide bonds. The minimum Gasteiger partial charge on any atom is -0.346 e. The molecule has 0 aliphatic rings. The molecule has 1 atom stereocenters. The maximum Gasteiger partial charge on any atom is 0.261 e. The average molecular weight is 364 g/mol. The van der Waals surface area contributed by atoms with Gasteiger partial charge in [-0.05, 0) is 55.0 Å². The number of carbonyl (C=O) groups excluding carboxylic acids is 1. The Morgan fingerprint density at radius 1 is 1.27 bits per heavy atom. The number of rotatable bonds is 3. The van der Waals surface area contributed by atoms with E-state index in [0.29, 0.717) is 26.8 Å². The second-order valence-electron chi connectivity index (χ2n) is 5.98. The molecule has 3 rings (SSSR count). The molecule has 0 fully saturated rings. The molecule has 1 aromatic heterocycles. The molecule has 2 aromatic carbocycles. The second-order valence-corrected chi connectivity index (χ2v) is 6.37. The fourth-order valence-corrected chi connectivity index (χ4v) is 2.85. The van der Waals surface area contributed by atoms with E-state index in [4.69, 9.17) is 17.5 Å². The van der Waals surface area contributed by atoms with E-state index >= 15 is 0 Å². The monoisotopic (exact) mass is 364 g/mol. The summed E-state index contributed by atoms with van der Waals surface area (Å²) in [5.74, 6) is -0.260. The van der Waals surface area contributed by atoms with Crippen molar-refractivity contribution in [3.05, 3.63) is 74.3 Å². The largest absolute Gasteiger partial charge is 0.346 e. The van der Waals surface area contributed by atoms with Gasteiger partial charge in [-0.25, -0.2) is 0 Å². The zero-order valence-corrected chi connectivity index (χ0v) is 15.1. The Bertz CT molecular complexity index is 1150. The molecule has 0 saturated heterocycles. The van der Waals surface area contributed by atoms with Crippen LogP contribution in [0.15, 0.2) is 47.3 Å². The molecule has 26 heavy (non-hydrogen) atoms. The highest BCUT2D eigenvalue weighted by Crippen LogP contribution is 2.15. The van der Waals surface area contributed by atoms with Crippen molar-refractivity contribution in [2.75, 3.05) is 0 Å². The van der Waals surface area contributed by atoms with E-state index in [0.717, 1.165) is 5.56 Å². The van der Waals surface area contributed by atoms with Gasteiger partial charge in [0, 0.05) is 12.6 Å². The third-order valence-electron chi connectivity index (χ3n) is 4.25. The van der Waals surface area contributed by atoms with Crippen LogP contribution < -0.4 is 10.9 Å². The first-order valence-corrected chi connectivity index (χ1v) is 8.35. The summed E-state index contributed by atoms with van der Waals surface area (Å²) in [7, 11) is 1.60. The van der Waals surface area contributed by atoms with Crippen LogP contribution in [0.25, 0.3) is 10.9 Å². The van der Waals surface area contributed by atoms with Gasteiger partial charge in [-0.1, -0.05) is 12.1 Å². The van der Waals surface area contributed by atoms with Crippen LogP contribution in [0.1, 0.15) is 34.5 Å². The zero-order chi connectivity index (χ0) is 18.8. The molecular formula is C19H16N4O2S. The van der Waals surface area contributed by atoms with Crippen LogP contribution in [0.3, 0.4) is 0 Å². The topological polar surface area (TPSA) is 90.7 Å². The lowest BCUT2D eigenvalue weighted by atomic mass is 10.1. The second kappa shape index (κ2) is 6.94. The molecule has 7 heteroatoms. The highest BCUT2D eigenvalue weighted by Gasteiger charge is 2.13. The molecule has 130 valence electrons. The van der Waals surface area contributed by atoms with Crippen LogP contribution in [-0.4, -0.2) is 15.5 Å². The van der Waals surface area contributed by atoms with Crippen molar-refractivity contribution in [3.8, 4) is 6.07 Å². The lowest BCUT2D eigenvalue weighted by Gasteiger charge is -2.15. The molecule has 0 bridgehead atoms. The number of carbonyl (C=O) groups is 1. The normalized spacial score (nSPS) is 11.7. The molecule has 1 heterocycles. The summed E-state index contributed by atoms with van der Waals surface area (Å²) in [6, 6.07) is 13.7. The fraction of sp³-hybridized carbons (Fsp3) is 0.158. The van der Waals surface area contributed by atoms with E-state index in [1.807, 2.05) is 19.1 Å². The third-order valence-corrected chi connectivity index (χ3v) is 4.63. The number of amides is 1. The molecule has 0 spiro atoms. The van der Waals surface area contributed by atoms with Crippen molar-refractivity contribution in [1.82, 2.24) is 14.9 Å². The van der Waals surface area contributed by atoms with Crippen molar-refractivity contribution in [3.63, 3.8) is 0 Å². The number of benzene rings is 2. The third kappa shape index (κ3) is 3.27. The standard InChI is InChI=1S/C19H16N4O2S/c1-11(13-5-3-12(10-20)4-6-13)21-17(24)14-7-8-15-16(9-14)22-19(26)23(2)18(15)25/h3-9,11H,1-2H3,(H,21,24)(H,22,26). The molecule has 1 unspecified atom stereocenters. The van der Waals surface area contributed by atoms with E-state index in [9.17, 15) is 9.59 Å². The average Bonchev–Trinajstić information content (AvgIpc) is 2.65. The Balaban J connectivity index is 1.87. The van der Waals surface area contributed by atoms with E-state index in [-0.39, 0.29) is 17.5 Å². The van der Waals surface area contributed by atoms with Crippen molar-refractivity contribution in [1.29, 1.82) is 5.26 Å². The van der Waals surface area contributed by atoms with E-state index in [1.54, 1.807) is 37.4 Å². The van der Waals surface area contributed by atoms with Crippen molar-refractivity contribution in [2.45, 2.75) is 13.0 Å². The number of nitriles is 1. The number of nitrogens with one attached hydrogen (secondary N) is 2. The van der Waals surface area contributed by atoms with Crippen molar-refractivity contribution in [2.24, 2.45) is 7.05 Å². The summed E-state index contributed by atoms with van der Waals surface area (Å²) >= 11 is 5.12. The first kappa shape index (κ1) is 17.6. The number of aromatic amines is 1. The maximum absolute atomic E-state index is 12.5. The van der Waals surface area contributed by atoms with Crippen LogP contribution in [0, 0.1) is 16.1 Å². The predicted octanol–water partition coefficient (Wildman–Crippen LogP) is 2.96. The molecule has 0 saturated carbocycles. The van der Waals surface area contributed by atoms with Gasteiger partial charge in [0.1, 0.15) is 0 Å². The Morgan fingerprint density at radius 3 is 2.62 bits per heavy atom. The molecule has 0 aliphatic carbocycles. The highest BCUT2D eigenvalue weighted by atomic mass is 32.1. The SMILES string of the molecule is CC(NC(=O)c1ccc2c(=O)n(C)c(=S)[nH]c2c1)c1ccc(C#N)cc1. The Kier molecular flexibility index (Phi) is 4.69. The first-order valence-electron chi connectivity index (χ1n) is 7.94. The van der Waals surface area contributed by atoms with E-state index in [2.05, 4.69) is 16.4 Å². The fourth-order valence-electron chi connectivity index (χ4n) is 2.66. The summed E-state index contributed by atoms with van der Waals surface area (Å²) in [5.41, 5.74) is 2.21. The van der Waals surface area contributed by atoms with Gasteiger partial charge < -0.3 is 10.3 Å². The van der Waals surface area contributed by atoms with Crippen molar-refractivity contribution >= 4 is 29.0 Å². The van der Waals surface area contributed by atoms with Crippen LogP contribution in [0.4, 0.5) is 0 Å². The lowest BCUT2D eigenvalue weighted by Crippen LogP contribution is -2.27. The minimum absolute atomic E-state index is 0.207. The summed E-state index contributed by atoms with van der Waals surface area (Å²) in [5, 5.41) is 12.2.